The molecule has 0 aromatic rings. The summed E-state index contributed by atoms with van der Waals surface area (Å²) in [6.45, 7) is 0. The molecule has 0 radical (unpaired) electrons. The molecule has 4 atom stereocenters. The van der Waals surface area contributed by atoms with Gasteiger partial charge in [-0.2, -0.15) is 0 Å². The number of ketones is 1. The fourth-order valence-electron chi connectivity index (χ4n) is 3.77. The molecular weight excluding hydrogens is 136 g/mol. The van der Waals surface area contributed by atoms with Crippen LogP contribution in [0.2, 0.25) is 0 Å². The Labute approximate surface area is 67.2 Å². The van der Waals surface area contributed by atoms with Crippen molar-refractivity contribution in [3.8, 4) is 0 Å². The molecule has 1 nitrogen and oxygen atoms in total. The summed E-state index contributed by atoms with van der Waals surface area (Å²) in [5, 5.41) is 0. The number of Topliss-reactive ketones (excluding diaryl/α,β-unsaturated/α-hetero) is 1. The van der Waals surface area contributed by atoms with Crippen LogP contribution in [0.5, 0.6) is 0 Å². The highest BCUT2D eigenvalue weighted by Crippen LogP contribution is 2.57. The summed E-state index contributed by atoms with van der Waals surface area (Å²) in [7, 11) is 0. The maximum absolute atomic E-state index is 11.2. The van der Waals surface area contributed by atoms with Gasteiger partial charge in [-0.05, 0) is 42.9 Å². The van der Waals surface area contributed by atoms with E-state index in [0.717, 1.165) is 36.5 Å². The lowest BCUT2D eigenvalue weighted by Crippen LogP contribution is -2.15. The van der Waals surface area contributed by atoms with Crippen molar-refractivity contribution in [1.29, 1.82) is 0 Å². The molecule has 0 saturated heterocycles. The maximum atomic E-state index is 11.2. The summed E-state index contributed by atoms with van der Waals surface area (Å²) in [6.07, 6.45) is 6.19. The molecule has 3 rings (SSSR count). The van der Waals surface area contributed by atoms with Crippen LogP contribution in [-0.2, 0) is 4.79 Å². The third kappa shape index (κ3) is 0.692. The highest BCUT2D eigenvalue weighted by Gasteiger charge is 2.51. The standard InChI is InChI=1S/C10H14O/c11-8-4-9-6-1-2-7(3-6)10(9)5-8/h6-7,9-10H,1-5H2. The molecule has 0 spiro atoms. The van der Waals surface area contributed by atoms with Gasteiger partial charge < -0.3 is 0 Å². The normalized spacial score (nSPS) is 53.6. The maximum Gasteiger partial charge on any atom is 0.133 e. The number of fused-ring (bicyclic) bond motifs is 5. The van der Waals surface area contributed by atoms with Crippen LogP contribution < -0.4 is 0 Å². The van der Waals surface area contributed by atoms with Crippen molar-refractivity contribution >= 4 is 5.78 Å². The first-order chi connectivity index (χ1) is 5.34. The van der Waals surface area contributed by atoms with Crippen LogP contribution in [0.4, 0.5) is 0 Å². The van der Waals surface area contributed by atoms with Crippen LogP contribution >= 0.6 is 0 Å². The third-order valence-electron chi connectivity index (χ3n) is 4.20. The summed E-state index contributed by atoms with van der Waals surface area (Å²) in [6, 6.07) is 0. The second-order valence-electron chi connectivity index (χ2n) is 4.61. The molecule has 11 heavy (non-hydrogen) atoms. The van der Waals surface area contributed by atoms with E-state index in [-0.39, 0.29) is 0 Å². The molecule has 0 heterocycles. The Hall–Kier alpha value is -0.330. The van der Waals surface area contributed by atoms with E-state index >= 15 is 0 Å². The minimum atomic E-state index is 0.552. The van der Waals surface area contributed by atoms with Crippen LogP contribution in [0.3, 0.4) is 0 Å². The molecule has 3 fully saturated rings. The first-order valence-corrected chi connectivity index (χ1v) is 4.86. The highest BCUT2D eigenvalue weighted by molar-refractivity contribution is 5.81. The fourth-order valence-corrected chi connectivity index (χ4v) is 3.77. The summed E-state index contributed by atoms with van der Waals surface area (Å²) in [4.78, 5) is 11.2. The average Bonchev–Trinajstić information content (AvgIpc) is 2.53. The monoisotopic (exact) mass is 150 g/mol. The predicted molar refractivity (Wildman–Crippen MR) is 42.1 cm³/mol. The molecule has 3 saturated carbocycles. The lowest BCUT2D eigenvalue weighted by Gasteiger charge is -2.22. The SMILES string of the molecule is O=C1CC2C3CCC(C3)C2C1. The van der Waals surface area contributed by atoms with Gasteiger partial charge >= 0.3 is 0 Å². The molecule has 0 aromatic heterocycles. The van der Waals surface area contributed by atoms with Crippen LogP contribution in [0, 0.1) is 23.7 Å². The second-order valence-corrected chi connectivity index (χ2v) is 4.61. The first-order valence-electron chi connectivity index (χ1n) is 4.86. The minimum Gasteiger partial charge on any atom is -0.300 e. The molecule has 60 valence electrons. The number of hydrogen-bond donors (Lipinski definition) is 0. The Morgan fingerprint density at radius 1 is 1.00 bits per heavy atom. The van der Waals surface area contributed by atoms with Gasteiger partial charge in [-0.3, -0.25) is 4.79 Å². The molecule has 0 aliphatic heterocycles. The zero-order valence-corrected chi connectivity index (χ0v) is 6.75. The molecule has 0 N–H and O–H groups in total. The van der Waals surface area contributed by atoms with E-state index in [1.54, 1.807) is 0 Å². The molecule has 2 bridgehead atoms. The molecular formula is C10H14O. The van der Waals surface area contributed by atoms with Gasteiger partial charge in [0.1, 0.15) is 5.78 Å². The highest BCUT2D eigenvalue weighted by atomic mass is 16.1. The molecule has 0 amide bonds. The van der Waals surface area contributed by atoms with Crippen molar-refractivity contribution in [3.63, 3.8) is 0 Å². The average molecular weight is 150 g/mol. The lowest BCUT2D eigenvalue weighted by atomic mass is 9.82. The van der Waals surface area contributed by atoms with Gasteiger partial charge in [0.2, 0.25) is 0 Å². The van der Waals surface area contributed by atoms with Gasteiger partial charge in [0.25, 0.3) is 0 Å². The zero-order chi connectivity index (χ0) is 7.42. The summed E-state index contributed by atoms with van der Waals surface area (Å²) in [5.41, 5.74) is 0. The number of rotatable bonds is 0. The fraction of sp³-hybridized carbons (Fsp3) is 0.900. The smallest absolute Gasteiger partial charge is 0.133 e. The Morgan fingerprint density at radius 2 is 1.55 bits per heavy atom. The van der Waals surface area contributed by atoms with Crippen LogP contribution in [0.15, 0.2) is 0 Å². The van der Waals surface area contributed by atoms with Crippen molar-refractivity contribution in [2.45, 2.75) is 32.1 Å². The minimum absolute atomic E-state index is 0.552. The quantitative estimate of drug-likeness (QED) is 0.516. The Morgan fingerprint density at radius 3 is 2.09 bits per heavy atom. The van der Waals surface area contributed by atoms with E-state index < -0.39 is 0 Å². The van der Waals surface area contributed by atoms with Crippen molar-refractivity contribution < 1.29 is 4.79 Å². The Bertz CT molecular complexity index is 189. The van der Waals surface area contributed by atoms with Crippen molar-refractivity contribution in [3.05, 3.63) is 0 Å². The van der Waals surface area contributed by atoms with E-state index in [1.165, 1.54) is 19.3 Å². The van der Waals surface area contributed by atoms with Gasteiger partial charge in [-0.1, -0.05) is 0 Å². The Kier molecular flexibility index (Phi) is 1.06. The van der Waals surface area contributed by atoms with E-state index in [0.29, 0.717) is 5.78 Å². The molecule has 0 aromatic carbocycles. The molecule has 4 unspecified atom stereocenters. The molecule has 3 aliphatic carbocycles. The molecule has 3 aliphatic rings. The summed E-state index contributed by atoms with van der Waals surface area (Å²) >= 11 is 0. The van der Waals surface area contributed by atoms with Crippen molar-refractivity contribution in [2.24, 2.45) is 23.7 Å². The summed E-state index contributed by atoms with van der Waals surface area (Å²) < 4.78 is 0. The van der Waals surface area contributed by atoms with Crippen LogP contribution in [-0.4, -0.2) is 5.78 Å². The van der Waals surface area contributed by atoms with E-state index in [4.69, 9.17) is 0 Å². The number of carbonyl (C=O) groups is 1. The van der Waals surface area contributed by atoms with Crippen LogP contribution in [0.1, 0.15) is 32.1 Å². The van der Waals surface area contributed by atoms with Crippen molar-refractivity contribution in [1.82, 2.24) is 0 Å². The van der Waals surface area contributed by atoms with Crippen LogP contribution in [0.25, 0.3) is 0 Å². The lowest BCUT2D eigenvalue weighted by molar-refractivity contribution is -0.118. The molecule has 1 heteroatoms. The third-order valence-corrected chi connectivity index (χ3v) is 4.20. The van der Waals surface area contributed by atoms with Gasteiger partial charge in [0, 0.05) is 12.8 Å². The van der Waals surface area contributed by atoms with Gasteiger partial charge in [-0.25, -0.2) is 0 Å². The van der Waals surface area contributed by atoms with E-state index in [1.807, 2.05) is 0 Å². The Balaban J connectivity index is 1.92. The summed E-state index contributed by atoms with van der Waals surface area (Å²) in [5.74, 6) is 4.13. The van der Waals surface area contributed by atoms with E-state index in [2.05, 4.69) is 0 Å². The van der Waals surface area contributed by atoms with E-state index in [9.17, 15) is 4.79 Å². The first kappa shape index (κ1) is 6.22. The van der Waals surface area contributed by atoms with Gasteiger partial charge in [0.05, 0.1) is 0 Å². The number of carbonyl (C=O) groups excluding carboxylic acids is 1. The van der Waals surface area contributed by atoms with Gasteiger partial charge in [0.15, 0.2) is 0 Å². The second kappa shape index (κ2) is 1.88. The topological polar surface area (TPSA) is 17.1 Å². The largest absolute Gasteiger partial charge is 0.300 e. The van der Waals surface area contributed by atoms with Crippen molar-refractivity contribution in [2.75, 3.05) is 0 Å². The zero-order valence-electron chi connectivity index (χ0n) is 6.75. The number of hydrogen-bond acceptors (Lipinski definition) is 1. The van der Waals surface area contributed by atoms with Gasteiger partial charge in [-0.15, -0.1) is 0 Å². The predicted octanol–water partition coefficient (Wildman–Crippen LogP) is 2.01.